The highest BCUT2D eigenvalue weighted by Gasteiger charge is 2.27. The van der Waals surface area contributed by atoms with E-state index in [-0.39, 0.29) is 24.3 Å². The standard InChI is InChI=1S/C16H22N2O3S/c1-21-13-6-4-7-14(10-13)22-11-16(20)18-8-3-2-5-12(18)9-15(17)19/h4,6-7,10,12H,2-3,5,8-9,11H2,1H3,(H2,17,19). The summed E-state index contributed by atoms with van der Waals surface area (Å²) in [6, 6.07) is 7.61. The maximum atomic E-state index is 12.4. The smallest absolute Gasteiger partial charge is 0.233 e. The number of rotatable bonds is 6. The van der Waals surface area contributed by atoms with Crippen molar-refractivity contribution in [3.8, 4) is 5.75 Å². The van der Waals surface area contributed by atoms with Gasteiger partial charge in [0.15, 0.2) is 0 Å². The van der Waals surface area contributed by atoms with Crippen LogP contribution < -0.4 is 10.5 Å². The highest BCUT2D eigenvalue weighted by molar-refractivity contribution is 8.00. The third-order valence-corrected chi connectivity index (χ3v) is 4.77. The number of ether oxygens (including phenoxy) is 1. The van der Waals surface area contributed by atoms with Crippen LogP contribution in [0.25, 0.3) is 0 Å². The van der Waals surface area contributed by atoms with E-state index >= 15 is 0 Å². The van der Waals surface area contributed by atoms with Gasteiger partial charge in [0.25, 0.3) is 0 Å². The van der Waals surface area contributed by atoms with Gasteiger partial charge in [0, 0.05) is 23.9 Å². The number of hydrogen-bond donors (Lipinski definition) is 1. The molecule has 1 unspecified atom stereocenters. The van der Waals surface area contributed by atoms with Crippen LogP contribution in [0.2, 0.25) is 0 Å². The second-order valence-electron chi connectivity index (χ2n) is 5.37. The molecule has 0 saturated carbocycles. The number of carbonyl (C=O) groups is 2. The molecule has 1 aliphatic rings. The molecule has 2 N–H and O–H groups in total. The van der Waals surface area contributed by atoms with Crippen molar-refractivity contribution in [2.45, 2.75) is 36.6 Å². The zero-order valence-electron chi connectivity index (χ0n) is 12.8. The Hall–Kier alpha value is -1.69. The van der Waals surface area contributed by atoms with Gasteiger partial charge in [-0.15, -0.1) is 11.8 Å². The van der Waals surface area contributed by atoms with Gasteiger partial charge in [0.05, 0.1) is 12.9 Å². The largest absolute Gasteiger partial charge is 0.497 e. The minimum Gasteiger partial charge on any atom is -0.497 e. The van der Waals surface area contributed by atoms with Crippen LogP contribution in [-0.4, -0.2) is 42.2 Å². The van der Waals surface area contributed by atoms with Crippen molar-refractivity contribution in [1.29, 1.82) is 0 Å². The number of thioether (sulfide) groups is 1. The zero-order chi connectivity index (χ0) is 15.9. The quantitative estimate of drug-likeness (QED) is 0.814. The molecule has 1 aliphatic heterocycles. The average molecular weight is 322 g/mol. The van der Waals surface area contributed by atoms with E-state index in [1.165, 1.54) is 11.8 Å². The summed E-state index contributed by atoms with van der Waals surface area (Å²) in [4.78, 5) is 26.4. The third-order valence-electron chi connectivity index (χ3n) is 3.79. The predicted octanol–water partition coefficient (Wildman–Crippen LogP) is 2.04. The van der Waals surface area contributed by atoms with Crippen LogP contribution in [0.1, 0.15) is 25.7 Å². The number of methoxy groups -OCH3 is 1. The molecule has 1 aromatic rings. The fraction of sp³-hybridized carbons (Fsp3) is 0.500. The monoisotopic (exact) mass is 322 g/mol. The van der Waals surface area contributed by atoms with Crippen molar-refractivity contribution < 1.29 is 14.3 Å². The lowest BCUT2D eigenvalue weighted by molar-refractivity contribution is -0.133. The van der Waals surface area contributed by atoms with Crippen molar-refractivity contribution in [3.63, 3.8) is 0 Å². The number of benzene rings is 1. The maximum absolute atomic E-state index is 12.4. The molecular weight excluding hydrogens is 300 g/mol. The number of likely N-dealkylation sites (tertiary alicyclic amines) is 1. The molecule has 0 radical (unpaired) electrons. The van der Waals surface area contributed by atoms with E-state index in [0.29, 0.717) is 5.75 Å². The van der Waals surface area contributed by atoms with E-state index in [1.807, 2.05) is 29.2 Å². The Morgan fingerprint density at radius 1 is 1.41 bits per heavy atom. The minimum atomic E-state index is -0.342. The van der Waals surface area contributed by atoms with Crippen LogP contribution in [0.5, 0.6) is 5.75 Å². The highest BCUT2D eigenvalue weighted by Crippen LogP contribution is 2.25. The Balaban J connectivity index is 1.93. The molecule has 22 heavy (non-hydrogen) atoms. The summed E-state index contributed by atoms with van der Waals surface area (Å²) in [5.41, 5.74) is 5.29. The van der Waals surface area contributed by atoms with Gasteiger partial charge in [0.2, 0.25) is 11.8 Å². The fourth-order valence-electron chi connectivity index (χ4n) is 2.69. The number of amides is 2. The first kappa shape index (κ1) is 16.7. The molecule has 1 fully saturated rings. The Labute approximate surface area is 135 Å². The number of piperidine rings is 1. The van der Waals surface area contributed by atoms with Crippen molar-refractivity contribution in [2.24, 2.45) is 5.73 Å². The van der Waals surface area contributed by atoms with Gasteiger partial charge in [-0.1, -0.05) is 6.07 Å². The van der Waals surface area contributed by atoms with E-state index in [0.717, 1.165) is 36.5 Å². The second-order valence-corrected chi connectivity index (χ2v) is 6.42. The summed E-state index contributed by atoms with van der Waals surface area (Å²) >= 11 is 1.49. The Bertz CT molecular complexity index is 536. The summed E-state index contributed by atoms with van der Waals surface area (Å²) in [6.07, 6.45) is 3.16. The molecule has 1 atom stereocenters. The molecule has 1 saturated heterocycles. The van der Waals surface area contributed by atoms with Gasteiger partial charge >= 0.3 is 0 Å². The van der Waals surface area contributed by atoms with Gasteiger partial charge in [-0.2, -0.15) is 0 Å². The number of primary amides is 1. The predicted molar refractivity (Wildman–Crippen MR) is 86.9 cm³/mol. The summed E-state index contributed by atoms with van der Waals surface area (Å²) in [5.74, 6) is 0.869. The summed E-state index contributed by atoms with van der Waals surface area (Å²) in [6.45, 7) is 0.718. The molecule has 0 aliphatic carbocycles. The highest BCUT2D eigenvalue weighted by atomic mass is 32.2. The molecule has 1 aromatic carbocycles. The number of hydrogen-bond acceptors (Lipinski definition) is 4. The Morgan fingerprint density at radius 3 is 2.95 bits per heavy atom. The van der Waals surface area contributed by atoms with Crippen LogP contribution in [0.3, 0.4) is 0 Å². The molecular formula is C16H22N2O3S. The van der Waals surface area contributed by atoms with E-state index in [9.17, 15) is 9.59 Å². The molecule has 2 amide bonds. The van der Waals surface area contributed by atoms with Crippen LogP contribution in [0, 0.1) is 0 Å². The summed E-state index contributed by atoms with van der Waals surface area (Å²) in [7, 11) is 1.62. The molecule has 120 valence electrons. The molecule has 6 heteroatoms. The zero-order valence-corrected chi connectivity index (χ0v) is 13.6. The number of carbonyl (C=O) groups excluding carboxylic acids is 2. The van der Waals surface area contributed by atoms with Crippen molar-refractivity contribution >= 4 is 23.6 Å². The van der Waals surface area contributed by atoms with Crippen molar-refractivity contribution in [1.82, 2.24) is 4.90 Å². The van der Waals surface area contributed by atoms with Gasteiger partial charge < -0.3 is 15.4 Å². The first-order chi connectivity index (χ1) is 10.6. The summed E-state index contributed by atoms with van der Waals surface area (Å²) < 4.78 is 5.18. The molecule has 0 bridgehead atoms. The Kier molecular flexibility index (Phi) is 6.12. The first-order valence-corrected chi connectivity index (χ1v) is 8.43. The minimum absolute atomic E-state index is 0.0374. The first-order valence-electron chi connectivity index (χ1n) is 7.45. The maximum Gasteiger partial charge on any atom is 0.233 e. The summed E-state index contributed by atoms with van der Waals surface area (Å²) in [5, 5.41) is 0. The van der Waals surface area contributed by atoms with Gasteiger partial charge in [-0.3, -0.25) is 9.59 Å². The number of nitrogens with zero attached hydrogens (tertiary/aromatic N) is 1. The normalized spacial score (nSPS) is 18.0. The molecule has 0 spiro atoms. The lowest BCUT2D eigenvalue weighted by Gasteiger charge is -2.35. The molecule has 2 rings (SSSR count). The van der Waals surface area contributed by atoms with E-state index in [4.69, 9.17) is 10.5 Å². The fourth-order valence-corrected chi connectivity index (χ4v) is 3.52. The van der Waals surface area contributed by atoms with Gasteiger partial charge in [-0.25, -0.2) is 0 Å². The molecule has 5 nitrogen and oxygen atoms in total. The van der Waals surface area contributed by atoms with Crippen LogP contribution in [0.4, 0.5) is 0 Å². The van der Waals surface area contributed by atoms with E-state index < -0.39 is 0 Å². The lowest BCUT2D eigenvalue weighted by atomic mass is 9.99. The lowest BCUT2D eigenvalue weighted by Crippen LogP contribution is -2.46. The van der Waals surface area contributed by atoms with Crippen LogP contribution in [0.15, 0.2) is 29.2 Å². The van der Waals surface area contributed by atoms with Crippen molar-refractivity contribution in [2.75, 3.05) is 19.4 Å². The van der Waals surface area contributed by atoms with Crippen LogP contribution in [-0.2, 0) is 9.59 Å². The Morgan fingerprint density at radius 2 is 2.23 bits per heavy atom. The molecule has 0 aromatic heterocycles. The molecule has 1 heterocycles. The second kappa shape index (κ2) is 8.08. The SMILES string of the molecule is COc1cccc(SCC(=O)N2CCCCC2CC(N)=O)c1. The van der Waals surface area contributed by atoms with Gasteiger partial charge in [-0.05, 0) is 37.5 Å². The number of nitrogens with two attached hydrogens (primary N) is 1. The van der Waals surface area contributed by atoms with Crippen LogP contribution >= 0.6 is 11.8 Å². The third kappa shape index (κ3) is 4.66. The average Bonchev–Trinajstić information content (AvgIpc) is 2.53. The topological polar surface area (TPSA) is 72.6 Å². The van der Waals surface area contributed by atoms with Crippen molar-refractivity contribution in [3.05, 3.63) is 24.3 Å². The van der Waals surface area contributed by atoms with E-state index in [2.05, 4.69) is 0 Å². The van der Waals surface area contributed by atoms with Gasteiger partial charge in [0.1, 0.15) is 5.75 Å². The van der Waals surface area contributed by atoms with E-state index in [1.54, 1.807) is 7.11 Å².